The Morgan fingerprint density at radius 3 is 2.68 bits per heavy atom. The zero-order valence-electron chi connectivity index (χ0n) is 13.9. The number of nitrogens with zero attached hydrogens (tertiary/aromatic N) is 2. The van der Waals surface area contributed by atoms with Crippen molar-refractivity contribution in [2.45, 2.75) is 32.2 Å². The first-order chi connectivity index (χ1) is 11.0. The lowest BCUT2D eigenvalue weighted by molar-refractivity contribution is 0.0713. The standard InChI is InChI=1S/C17H20FN3OS.2ClH/c1-11-16(17(22)21-8-2-3-14(19)10-21)23-15(20-11)9-12-4-6-13(18)7-5-12;;/h4-7,14H,2-3,8-10,19H2,1H3;2*1H. The van der Waals surface area contributed by atoms with Gasteiger partial charge >= 0.3 is 0 Å². The normalized spacial score (nSPS) is 16.8. The van der Waals surface area contributed by atoms with Crippen LogP contribution in [-0.4, -0.2) is 34.9 Å². The van der Waals surface area contributed by atoms with E-state index in [1.165, 1.54) is 23.5 Å². The minimum absolute atomic E-state index is 0. The molecule has 2 heterocycles. The van der Waals surface area contributed by atoms with Crippen LogP contribution in [0.1, 0.15) is 38.8 Å². The van der Waals surface area contributed by atoms with Gasteiger partial charge in [0.1, 0.15) is 10.7 Å². The van der Waals surface area contributed by atoms with Crippen molar-refractivity contribution in [1.29, 1.82) is 0 Å². The molecule has 1 aliphatic rings. The lowest BCUT2D eigenvalue weighted by Gasteiger charge is -2.30. The second kappa shape index (κ2) is 9.48. The van der Waals surface area contributed by atoms with E-state index in [-0.39, 0.29) is 42.6 Å². The molecule has 3 rings (SSSR count). The van der Waals surface area contributed by atoms with Crippen LogP contribution in [0.25, 0.3) is 0 Å². The molecule has 138 valence electrons. The topological polar surface area (TPSA) is 59.2 Å². The smallest absolute Gasteiger partial charge is 0.265 e. The number of rotatable bonds is 3. The largest absolute Gasteiger partial charge is 0.336 e. The van der Waals surface area contributed by atoms with Crippen molar-refractivity contribution >= 4 is 42.1 Å². The van der Waals surface area contributed by atoms with Crippen molar-refractivity contribution in [3.05, 3.63) is 51.2 Å². The van der Waals surface area contributed by atoms with Gasteiger partial charge in [-0.15, -0.1) is 36.2 Å². The molecule has 1 aromatic carbocycles. The maximum absolute atomic E-state index is 13.0. The second-order valence-electron chi connectivity index (χ2n) is 5.98. The third kappa shape index (κ3) is 5.38. The van der Waals surface area contributed by atoms with Crippen molar-refractivity contribution in [2.24, 2.45) is 5.73 Å². The van der Waals surface area contributed by atoms with E-state index >= 15 is 0 Å². The highest BCUT2D eigenvalue weighted by Gasteiger charge is 2.25. The number of aryl methyl sites for hydroxylation is 1. The van der Waals surface area contributed by atoms with Crippen LogP contribution in [0.15, 0.2) is 24.3 Å². The lowest BCUT2D eigenvalue weighted by atomic mass is 10.1. The highest BCUT2D eigenvalue weighted by Crippen LogP contribution is 2.24. The van der Waals surface area contributed by atoms with Gasteiger partial charge in [0.2, 0.25) is 0 Å². The van der Waals surface area contributed by atoms with Crippen molar-refractivity contribution in [3.8, 4) is 0 Å². The van der Waals surface area contributed by atoms with Crippen LogP contribution in [0.3, 0.4) is 0 Å². The summed E-state index contributed by atoms with van der Waals surface area (Å²) in [5.41, 5.74) is 7.71. The van der Waals surface area contributed by atoms with E-state index in [4.69, 9.17) is 5.73 Å². The van der Waals surface area contributed by atoms with Crippen LogP contribution in [0, 0.1) is 12.7 Å². The van der Waals surface area contributed by atoms with Gasteiger partial charge in [0.25, 0.3) is 5.91 Å². The molecule has 0 aliphatic carbocycles. The van der Waals surface area contributed by atoms with Crippen LogP contribution in [0.5, 0.6) is 0 Å². The predicted molar refractivity (Wildman–Crippen MR) is 104 cm³/mol. The molecular formula is C17H22Cl2FN3OS. The first kappa shape index (κ1) is 21.8. The van der Waals surface area contributed by atoms with E-state index in [1.54, 1.807) is 12.1 Å². The average Bonchev–Trinajstić information content (AvgIpc) is 2.89. The van der Waals surface area contributed by atoms with Gasteiger partial charge in [-0.3, -0.25) is 4.79 Å². The van der Waals surface area contributed by atoms with E-state index < -0.39 is 0 Å². The number of amides is 1. The van der Waals surface area contributed by atoms with Gasteiger partial charge in [0.05, 0.1) is 10.7 Å². The Labute approximate surface area is 163 Å². The molecule has 0 bridgehead atoms. The van der Waals surface area contributed by atoms with Crippen molar-refractivity contribution < 1.29 is 9.18 Å². The first-order valence-electron chi connectivity index (χ1n) is 7.78. The van der Waals surface area contributed by atoms with E-state index in [9.17, 15) is 9.18 Å². The molecule has 0 saturated carbocycles. The molecule has 1 saturated heterocycles. The van der Waals surface area contributed by atoms with Crippen LogP contribution < -0.4 is 5.73 Å². The zero-order valence-corrected chi connectivity index (χ0v) is 16.4. The molecule has 1 fully saturated rings. The van der Waals surface area contributed by atoms with Gasteiger partial charge in [0.15, 0.2) is 0 Å². The highest BCUT2D eigenvalue weighted by atomic mass is 35.5. The molecule has 1 unspecified atom stereocenters. The predicted octanol–water partition coefficient (Wildman–Crippen LogP) is 3.59. The minimum Gasteiger partial charge on any atom is -0.336 e. The number of hydrogen-bond donors (Lipinski definition) is 1. The quantitative estimate of drug-likeness (QED) is 0.848. The monoisotopic (exact) mass is 405 g/mol. The number of hydrogen-bond acceptors (Lipinski definition) is 4. The summed E-state index contributed by atoms with van der Waals surface area (Å²) in [7, 11) is 0. The first-order valence-corrected chi connectivity index (χ1v) is 8.60. The van der Waals surface area contributed by atoms with E-state index in [0.29, 0.717) is 17.8 Å². The summed E-state index contributed by atoms with van der Waals surface area (Å²) < 4.78 is 13.0. The molecule has 1 atom stereocenters. The summed E-state index contributed by atoms with van der Waals surface area (Å²) >= 11 is 1.42. The summed E-state index contributed by atoms with van der Waals surface area (Å²) in [6.07, 6.45) is 2.53. The van der Waals surface area contributed by atoms with Crippen LogP contribution in [0.2, 0.25) is 0 Å². The van der Waals surface area contributed by atoms with Crippen LogP contribution in [-0.2, 0) is 6.42 Å². The Hall–Kier alpha value is -1.21. The van der Waals surface area contributed by atoms with Crippen molar-refractivity contribution in [1.82, 2.24) is 9.88 Å². The van der Waals surface area contributed by atoms with E-state index in [1.807, 2.05) is 11.8 Å². The highest BCUT2D eigenvalue weighted by molar-refractivity contribution is 7.13. The molecule has 1 aliphatic heterocycles. The summed E-state index contributed by atoms with van der Waals surface area (Å²) in [5, 5.41) is 0.874. The molecule has 2 N–H and O–H groups in total. The van der Waals surface area contributed by atoms with Crippen LogP contribution >= 0.6 is 36.2 Å². The Kier molecular flexibility index (Phi) is 8.28. The summed E-state index contributed by atoms with van der Waals surface area (Å²) in [6.45, 7) is 3.24. The number of thiazole rings is 1. The summed E-state index contributed by atoms with van der Waals surface area (Å²) in [6, 6.07) is 6.45. The molecule has 1 amide bonds. The Morgan fingerprint density at radius 2 is 2.04 bits per heavy atom. The number of carbonyl (C=O) groups excluding carboxylic acids is 1. The fourth-order valence-corrected chi connectivity index (χ4v) is 3.91. The third-order valence-electron chi connectivity index (χ3n) is 4.05. The van der Waals surface area contributed by atoms with Gasteiger partial charge in [-0.25, -0.2) is 9.37 Å². The number of piperidine rings is 1. The van der Waals surface area contributed by atoms with Gasteiger partial charge < -0.3 is 10.6 Å². The number of halogens is 3. The lowest BCUT2D eigenvalue weighted by Crippen LogP contribution is -2.45. The zero-order chi connectivity index (χ0) is 16.4. The van der Waals surface area contributed by atoms with Gasteiger partial charge in [-0.05, 0) is 37.5 Å². The summed E-state index contributed by atoms with van der Waals surface area (Å²) in [4.78, 5) is 19.7. The van der Waals surface area contributed by atoms with Crippen molar-refractivity contribution in [2.75, 3.05) is 13.1 Å². The van der Waals surface area contributed by atoms with Crippen molar-refractivity contribution in [3.63, 3.8) is 0 Å². The Morgan fingerprint density at radius 1 is 1.36 bits per heavy atom. The van der Waals surface area contributed by atoms with E-state index in [2.05, 4.69) is 4.98 Å². The number of benzene rings is 1. The van der Waals surface area contributed by atoms with Gasteiger partial charge in [0, 0.05) is 25.6 Å². The number of carbonyl (C=O) groups is 1. The van der Waals surface area contributed by atoms with Gasteiger partial charge in [-0.2, -0.15) is 0 Å². The minimum atomic E-state index is -0.249. The molecule has 25 heavy (non-hydrogen) atoms. The fraction of sp³-hybridized carbons (Fsp3) is 0.412. The molecular weight excluding hydrogens is 384 g/mol. The molecule has 1 aromatic heterocycles. The summed E-state index contributed by atoms with van der Waals surface area (Å²) in [5.74, 6) is -0.220. The maximum atomic E-state index is 13.0. The van der Waals surface area contributed by atoms with E-state index in [0.717, 1.165) is 35.7 Å². The number of nitrogens with two attached hydrogens (primary N) is 1. The number of aromatic nitrogens is 1. The average molecular weight is 406 g/mol. The molecule has 0 spiro atoms. The maximum Gasteiger partial charge on any atom is 0.265 e. The molecule has 0 radical (unpaired) electrons. The Bertz CT molecular complexity index is 708. The second-order valence-corrected chi connectivity index (χ2v) is 7.06. The number of likely N-dealkylation sites (tertiary alicyclic amines) is 1. The molecule has 4 nitrogen and oxygen atoms in total. The van der Waals surface area contributed by atoms with Crippen LogP contribution in [0.4, 0.5) is 4.39 Å². The van der Waals surface area contributed by atoms with Gasteiger partial charge in [-0.1, -0.05) is 12.1 Å². The molecule has 2 aromatic rings. The molecule has 8 heteroatoms. The Balaban J connectivity index is 0.00000156. The third-order valence-corrected chi connectivity index (χ3v) is 5.19. The fourth-order valence-electron chi connectivity index (χ4n) is 2.84. The SMILES string of the molecule is Cc1nc(Cc2ccc(F)cc2)sc1C(=O)N1CCCC(N)C1.Cl.Cl.